The van der Waals surface area contributed by atoms with Gasteiger partial charge in [-0.1, -0.05) is 155 Å². The lowest BCUT2D eigenvalue weighted by molar-refractivity contribution is -0.135. The first-order valence-electron chi connectivity index (χ1n) is 30.7. The number of hydrogen-bond donors (Lipinski definition) is 8. The molecule has 0 saturated carbocycles. The second-order valence-electron chi connectivity index (χ2n) is 24.1. The van der Waals surface area contributed by atoms with E-state index in [0.717, 1.165) is 39.2 Å². The predicted molar refractivity (Wildman–Crippen MR) is 370 cm³/mol. The molecule has 518 valence electrons. The molecule has 0 aromatic heterocycles. The highest BCUT2D eigenvalue weighted by atomic mass is 35.5. The van der Waals surface area contributed by atoms with Crippen LogP contribution in [0.3, 0.4) is 0 Å². The Hall–Kier alpha value is -6.56. The van der Waals surface area contributed by atoms with Crippen molar-refractivity contribution in [3.05, 3.63) is 82.8 Å². The minimum absolute atomic E-state index is 0.00502. The molecule has 0 heterocycles. The molecule has 4 rings (SSSR count). The molecular weight excluding hydrogens is 1320 g/mol. The smallest absolute Gasteiger partial charge is 0.273 e. The van der Waals surface area contributed by atoms with Crippen molar-refractivity contribution in [3.63, 3.8) is 0 Å². The second-order valence-corrected chi connectivity index (χ2v) is 32.7. The van der Waals surface area contributed by atoms with E-state index in [2.05, 4.69) is 47.1 Å². The van der Waals surface area contributed by atoms with Crippen LogP contribution in [0.2, 0.25) is 10.0 Å². The molecule has 24 nitrogen and oxygen atoms in total. The van der Waals surface area contributed by atoms with E-state index in [1.165, 1.54) is 152 Å². The number of Topliss-reactive ketones (excluding diaryl/α,β-unsaturated/α-hetero) is 2. The number of ether oxygens (including phenoxy) is 2. The van der Waals surface area contributed by atoms with E-state index in [-0.39, 0.29) is 83.5 Å². The fraction of sp³-hybridized carbons (Fsp3) is 0.524. The van der Waals surface area contributed by atoms with Crippen LogP contribution >= 0.6 is 23.2 Å². The number of sulfonamides is 4. The summed E-state index contributed by atoms with van der Waals surface area (Å²) < 4.78 is 119. The zero-order valence-electron chi connectivity index (χ0n) is 55.0. The molecule has 0 saturated heterocycles. The predicted octanol–water partition coefficient (Wildman–Crippen LogP) is 12.3. The number of hydrogen-bond acceptors (Lipinski definition) is 16. The average molecular weight is 1420 g/mol. The summed E-state index contributed by atoms with van der Waals surface area (Å²) in [5.74, 6) is -4.75. The molecule has 4 amide bonds. The summed E-state index contributed by atoms with van der Waals surface area (Å²) in [6.07, 6.45) is 12.8. The van der Waals surface area contributed by atoms with Crippen LogP contribution in [0.5, 0.6) is 11.5 Å². The normalized spacial score (nSPS) is 12.6. The lowest BCUT2D eigenvalue weighted by Crippen LogP contribution is -2.39. The third-order valence-corrected chi connectivity index (χ3v) is 19.9. The number of benzene rings is 4. The first kappa shape index (κ1) is 80.7. The van der Waals surface area contributed by atoms with Crippen LogP contribution in [0.25, 0.3) is 0 Å². The van der Waals surface area contributed by atoms with Crippen LogP contribution in [0, 0.1) is 10.8 Å². The monoisotopic (exact) mass is 1410 g/mol. The van der Waals surface area contributed by atoms with Crippen molar-refractivity contribution in [1.82, 2.24) is 4.72 Å². The van der Waals surface area contributed by atoms with Gasteiger partial charge in [0.1, 0.15) is 11.5 Å². The molecule has 0 spiro atoms. The van der Waals surface area contributed by atoms with Crippen molar-refractivity contribution in [2.45, 2.75) is 183 Å². The number of ketones is 2. The van der Waals surface area contributed by atoms with Crippen LogP contribution in [0.1, 0.15) is 166 Å². The molecule has 0 aliphatic heterocycles. The van der Waals surface area contributed by atoms with Crippen molar-refractivity contribution in [1.29, 1.82) is 0 Å². The Balaban J connectivity index is 0.000000511. The van der Waals surface area contributed by atoms with Crippen molar-refractivity contribution < 1.29 is 71.9 Å². The molecule has 4 aromatic carbocycles. The minimum Gasteiger partial charge on any atom is -0.471 e. The van der Waals surface area contributed by atoms with Gasteiger partial charge in [-0.2, -0.15) is 0 Å². The van der Waals surface area contributed by atoms with Crippen LogP contribution < -0.4 is 49.6 Å². The fourth-order valence-electron chi connectivity index (χ4n) is 8.29. The molecule has 8 N–H and O–H groups in total. The van der Waals surface area contributed by atoms with E-state index < -0.39 is 98.3 Å². The van der Waals surface area contributed by atoms with Gasteiger partial charge in [0.05, 0.1) is 72.0 Å². The maximum atomic E-state index is 13.4. The number of anilines is 7. The molecule has 0 fully saturated rings. The van der Waals surface area contributed by atoms with E-state index in [0.29, 0.717) is 6.42 Å². The highest BCUT2D eigenvalue weighted by molar-refractivity contribution is 7.93. The molecule has 93 heavy (non-hydrogen) atoms. The second kappa shape index (κ2) is 36.9. The molecule has 30 heteroatoms. The van der Waals surface area contributed by atoms with E-state index in [4.69, 9.17) is 32.7 Å². The first-order valence-corrected chi connectivity index (χ1v) is 37.9. The van der Waals surface area contributed by atoms with Gasteiger partial charge in [0.15, 0.2) is 11.6 Å². The molecule has 0 bridgehead atoms. The summed E-state index contributed by atoms with van der Waals surface area (Å²) in [5, 5.41) is 10.3. The summed E-state index contributed by atoms with van der Waals surface area (Å²) in [7, 11) is -13.6. The summed E-state index contributed by atoms with van der Waals surface area (Å²) in [6, 6.07) is 15.8. The molecule has 0 radical (unpaired) electrons. The summed E-state index contributed by atoms with van der Waals surface area (Å²) in [5.41, 5.74) is -1.27. The summed E-state index contributed by atoms with van der Waals surface area (Å²) in [4.78, 5) is 77.0. The van der Waals surface area contributed by atoms with Gasteiger partial charge in [0, 0.05) is 10.8 Å². The molecule has 0 aliphatic carbocycles. The molecule has 2 atom stereocenters. The Morgan fingerprint density at radius 2 is 0.774 bits per heavy atom. The van der Waals surface area contributed by atoms with Crippen LogP contribution in [0.15, 0.2) is 77.7 Å². The zero-order chi connectivity index (χ0) is 70.1. The molecule has 4 aromatic rings. The Kier molecular flexibility index (Phi) is 32.0. The molecule has 2 unspecified atom stereocenters. The van der Waals surface area contributed by atoms with Gasteiger partial charge in [0.25, 0.3) is 11.8 Å². The Morgan fingerprint density at radius 3 is 1.13 bits per heavy atom. The number of carbonyl (C=O) groups excluding carboxylic acids is 6. The summed E-state index contributed by atoms with van der Waals surface area (Å²) >= 11 is 12.5. The van der Waals surface area contributed by atoms with Gasteiger partial charge < -0.3 is 30.7 Å². The quantitative estimate of drug-likeness (QED) is 0.0154. The standard InChI is InChI=1S/C39H61ClN4O8S2.C24H31ClN4O8S2/c1-7-9-10-11-12-13-14-15-16-17-18-19-20-21-26-54(50,51)44-30-22-24-32(40)33(27-30)41-37(46)36(29(3)45)52-35-25-23-31(43-53(48,49)8-2)28-34(35)42-38(47)39(4,5)6;1-7-38(33,34)29-15-8-11-20(19(12-15)28-23(32)24(3,4)5)37-21(14(2)30)22(31)27-18-13-16(9-10-17(18)25)39(35,36)26-6/h22-25,27-28,36,43-44H,7-21,26H2,1-6H3,(H,41,46)(H,42,47);8-13,21,26,29H,7H2,1-6H3,(H,27,31)(H,28,32). The minimum atomic E-state index is -3.85. The topological polar surface area (TPSA) is 354 Å². The lowest BCUT2D eigenvalue weighted by atomic mass is 9.95. The maximum Gasteiger partial charge on any atom is 0.273 e. The lowest BCUT2D eigenvalue weighted by Gasteiger charge is -2.22. The van der Waals surface area contributed by atoms with Crippen molar-refractivity contribution >= 4 is 138 Å². The average Bonchev–Trinajstić information content (AvgIpc) is 0.868. The zero-order valence-corrected chi connectivity index (χ0v) is 59.8. The number of unbranched alkanes of at least 4 members (excludes halogenated alkanes) is 13. The van der Waals surface area contributed by atoms with E-state index in [1.54, 1.807) is 41.5 Å². The van der Waals surface area contributed by atoms with Gasteiger partial charge >= 0.3 is 0 Å². The van der Waals surface area contributed by atoms with Crippen molar-refractivity contribution in [3.8, 4) is 11.5 Å². The van der Waals surface area contributed by atoms with Gasteiger partial charge in [-0.05, 0) is 114 Å². The van der Waals surface area contributed by atoms with E-state index >= 15 is 0 Å². The van der Waals surface area contributed by atoms with Crippen LogP contribution in [-0.2, 0) is 68.9 Å². The van der Waals surface area contributed by atoms with Crippen LogP contribution in [0.4, 0.5) is 39.8 Å². The van der Waals surface area contributed by atoms with Crippen LogP contribution in [-0.4, -0.2) is 105 Å². The SMILES string of the molecule is CCCCCCCCCCCCCCCCS(=O)(=O)Nc1ccc(Cl)c(NC(=O)C(Oc2ccc(NS(=O)(=O)CC)cc2NC(=O)C(C)(C)C)C(C)=O)c1.CCS(=O)(=O)Nc1ccc(OC(C(C)=O)C(=O)Nc2cc(S(=O)(=O)NC)ccc2Cl)c(NC(=O)C(C)(C)C)c1. The van der Waals surface area contributed by atoms with Crippen molar-refractivity contribution in [2.75, 3.05) is 59.7 Å². The third kappa shape index (κ3) is 28.5. The van der Waals surface area contributed by atoms with Gasteiger partial charge in [0.2, 0.25) is 64.1 Å². The van der Waals surface area contributed by atoms with E-state index in [1.807, 2.05) is 0 Å². The number of rotatable bonds is 37. The number of amides is 4. The number of nitrogens with one attached hydrogen (secondary N) is 8. The summed E-state index contributed by atoms with van der Waals surface area (Å²) in [6.45, 7) is 17.4. The van der Waals surface area contributed by atoms with Crippen molar-refractivity contribution in [2.24, 2.45) is 10.8 Å². The van der Waals surface area contributed by atoms with E-state index in [9.17, 15) is 62.4 Å². The molecular formula is C63H92Cl2N8O16S4. The van der Waals surface area contributed by atoms with Gasteiger partial charge in [-0.3, -0.25) is 42.9 Å². The highest BCUT2D eigenvalue weighted by Crippen LogP contribution is 2.35. The highest BCUT2D eigenvalue weighted by Gasteiger charge is 2.32. The van der Waals surface area contributed by atoms with Gasteiger partial charge in [-0.25, -0.2) is 38.4 Å². The fourth-order valence-corrected chi connectivity index (χ4v) is 11.8. The number of carbonyl (C=O) groups is 6. The first-order chi connectivity index (χ1) is 43.3. The Morgan fingerprint density at radius 1 is 0.441 bits per heavy atom. The third-order valence-electron chi connectivity index (χ3n) is 13.9. The number of halogens is 2. The maximum absolute atomic E-state index is 13.4. The Bertz CT molecular complexity index is 3710. The van der Waals surface area contributed by atoms with Gasteiger partial charge in [-0.15, -0.1) is 0 Å². The Labute approximate surface area is 559 Å². The largest absolute Gasteiger partial charge is 0.471 e. The molecule has 0 aliphatic rings.